The lowest BCUT2D eigenvalue weighted by Crippen LogP contribution is -2.35. The van der Waals surface area contributed by atoms with E-state index in [-0.39, 0.29) is 11.8 Å². The van der Waals surface area contributed by atoms with Gasteiger partial charge in [-0.25, -0.2) is 0 Å². The molecule has 110 valence electrons. The van der Waals surface area contributed by atoms with Crippen LogP contribution in [-0.4, -0.2) is 25.0 Å². The van der Waals surface area contributed by atoms with Crippen LogP contribution in [0.1, 0.15) is 26.7 Å². The summed E-state index contributed by atoms with van der Waals surface area (Å²) in [7, 11) is 1.50. The van der Waals surface area contributed by atoms with Gasteiger partial charge in [-0.15, -0.1) is 0 Å². The van der Waals surface area contributed by atoms with Crippen molar-refractivity contribution in [3.63, 3.8) is 0 Å². The third-order valence-electron chi connectivity index (χ3n) is 2.72. The number of ether oxygens (including phenoxy) is 1. The molecule has 0 radical (unpaired) electrons. The molecule has 0 fully saturated rings. The predicted molar refractivity (Wildman–Crippen MR) is 78.8 cm³/mol. The fourth-order valence-corrected chi connectivity index (χ4v) is 1.74. The van der Waals surface area contributed by atoms with Crippen molar-refractivity contribution in [3.8, 4) is 5.75 Å². The summed E-state index contributed by atoms with van der Waals surface area (Å²) in [4.78, 5) is 22.9. The number of methoxy groups -OCH3 is 1. The number of benzene rings is 1. The Morgan fingerprint density at radius 2 is 2.05 bits per heavy atom. The minimum absolute atomic E-state index is 0.190. The molecule has 0 spiro atoms. The van der Waals surface area contributed by atoms with Crippen LogP contribution in [0.2, 0.25) is 0 Å². The van der Waals surface area contributed by atoms with Gasteiger partial charge in [0.25, 0.3) is 0 Å². The number of hydrogen-bond donors (Lipinski definition) is 3. The molecule has 0 saturated heterocycles. The van der Waals surface area contributed by atoms with Gasteiger partial charge in [-0.1, -0.05) is 13.3 Å². The lowest BCUT2D eigenvalue weighted by atomic mass is 10.1. The van der Waals surface area contributed by atoms with Crippen LogP contribution in [0.25, 0.3) is 0 Å². The number of rotatable bonds is 6. The molecular weight excluding hydrogens is 258 g/mol. The Kier molecular flexibility index (Phi) is 5.99. The number of nitrogens with two attached hydrogens (primary N) is 1. The molecule has 1 unspecified atom stereocenters. The molecule has 4 N–H and O–H groups in total. The van der Waals surface area contributed by atoms with Crippen molar-refractivity contribution in [3.05, 3.63) is 18.2 Å². The monoisotopic (exact) mass is 279 g/mol. The topological polar surface area (TPSA) is 93.5 Å². The van der Waals surface area contributed by atoms with Crippen molar-refractivity contribution in [2.75, 3.05) is 17.7 Å². The van der Waals surface area contributed by atoms with Gasteiger partial charge in [-0.05, 0) is 18.6 Å². The van der Waals surface area contributed by atoms with Crippen LogP contribution in [0, 0.1) is 0 Å². The van der Waals surface area contributed by atoms with Crippen molar-refractivity contribution < 1.29 is 14.3 Å². The Labute approximate surface area is 118 Å². The summed E-state index contributed by atoms with van der Waals surface area (Å²) in [5.41, 5.74) is 6.87. The zero-order valence-electron chi connectivity index (χ0n) is 12.0. The molecule has 1 rings (SSSR count). The first-order valence-corrected chi connectivity index (χ1v) is 6.50. The summed E-state index contributed by atoms with van der Waals surface area (Å²) in [6.45, 7) is 3.39. The highest BCUT2D eigenvalue weighted by molar-refractivity contribution is 5.96. The smallest absolute Gasteiger partial charge is 0.241 e. The third-order valence-corrected chi connectivity index (χ3v) is 2.72. The van der Waals surface area contributed by atoms with Gasteiger partial charge in [-0.2, -0.15) is 0 Å². The highest BCUT2D eigenvalue weighted by Gasteiger charge is 2.13. The first kappa shape index (κ1) is 16.0. The Morgan fingerprint density at radius 1 is 1.35 bits per heavy atom. The number of carbonyl (C=O) groups is 2. The molecule has 0 aliphatic rings. The summed E-state index contributed by atoms with van der Waals surface area (Å²) in [5, 5.41) is 5.37. The minimum atomic E-state index is -0.527. The molecule has 6 nitrogen and oxygen atoms in total. The van der Waals surface area contributed by atoms with E-state index in [1.54, 1.807) is 18.2 Å². The quantitative estimate of drug-likeness (QED) is 0.739. The van der Waals surface area contributed by atoms with E-state index in [4.69, 9.17) is 10.5 Å². The average molecular weight is 279 g/mol. The molecule has 1 aromatic rings. The van der Waals surface area contributed by atoms with Gasteiger partial charge in [0.05, 0.1) is 18.8 Å². The van der Waals surface area contributed by atoms with Crippen molar-refractivity contribution in [1.82, 2.24) is 0 Å². The molecule has 1 atom stereocenters. The Hall–Kier alpha value is -2.08. The lowest BCUT2D eigenvalue weighted by molar-refractivity contribution is -0.117. The van der Waals surface area contributed by atoms with Crippen molar-refractivity contribution >= 4 is 23.2 Å². The van der Waals surface area contributed by atoms with E-state index in [1.807, 2.05) is 6.92 Å². The predicted octanol–water partition coefficient (Wildman–Crippen LogP) is 1.72. The van der Waals surface area contributed by atoms with Crippen molar-refractivity contribution in [1.29, 1.82) is 0 Å². The molecule has 0 aromatic heterocycles. The van der Waals surface area contributed by atoms with Crippen molar-refractivity contribution in [2.24, 2.45) is 5.73 Å². The van der Waals surface area contributed by atoms with E-state index in [9.17, 15) is 9.59 Å². The fraction of sp³-hybridized carbons (Fsp3) is 0.429. The van der Waals surface area contributed by atoms with Crippen LogP contribution in [0.4, 0.5) is 11.4 Å². The van der Waals surface area contributed by atoms with Gasteiger partial charge < -0.3 is 21.1 Å². The molecule has 0 aliphatic heterocycles. The van der Waals surface area contributed by atoms with E-state index in [2.05, 4.69) is 10.6 Å². The normalized spacial score (nSPS) is 11.6. The summed E-state index contributed by atoms with van der Waals surface area (Å²) >= 11 is 0. The van der Waals surface area contributed by atoms with Crippen molar-refractivity contribution in [2.45, 2.75) is 32.7 Å². The average Bonchev–Trinajstić information content (AvgIpc) is 2.40. The molecule has 2 amide bonds. The zero-order chi connectivity index (χ0) is 15.1. The molecule has 20 heavy (non-hydrogen) atoms. The van der Waals surface area contributed by atoms with E-state index < -0.39 is 6.04 Å². The molecule has 0 bridgehead atoms. The van der Waals surface area contributed by atoms with Gasteiger partial charge in [0.1, 0.15) is 5.75 Å². The van der Waals surface area contributed by atoms with Gasteiger partial charge in [-0.3, -0.25) is 9.59 Å². The molecule has 0 saturated carbocycles. The number of amides is 2. The second kappa shape index (κ2) is 7.49. The van der Waals surface area contributed by atoms with E-state index in [1.165, 1.54) is 14.0 Å². The fourth-order valence-electron chi connectivity index (χ4n) is 1.74. The second-order valence-electron chi connectivity index (χ2n) is 4.48. The van der Waals surface area contributed by atoms with E-state index in [0.29, 0.717) is 23.5 Å². The Bertz CT molecular complexity index is 489. The second-order valence-corrected chi connectivity index (χ2v) is 4.48. The van der Waals surface area contributed by atoms with Crippen LogP contribution in [0.3, 0.4) is 0 Å². The first-order valence-electron chi connectivity index (χ1n) is 6.50. The maximum atomic E-state index is 11.8. The van der Waals surface area contributed by atoms with E-state index in [0.717, 1.165) is 6.42 Å². The zero-order valence-corrected chi connectivity index (χ0v) is 12.0. The minimum Gasteiger partial charge on any atom is -0.494 e. The maximum Gasteiger partial charge on any atom is 0.241 e. The summed E-state index contributed by atoms with van der Waals surface area (Å²) in [6.07, 6.45) is 1.48. The van der Waals surface area contributed by atoms with Crippen LogP contribution >= 0.6 is 0 Å². The van der Waals surface area contributed by atoms with E-state index >= 15 is 0 Å². The molecular formula is C14H21N3O3. The number of anilines is 2. The van der Waals surface area contributed by atoms with Gasteiger partial charge in [0.2, 0.25) is 11.8 Å². The van der Waals surface area contributed by atoms with Gasteiger partial charge >= 0.3 is 0 Å². The maximum absolute atomic E-state index is 11.8. The lowest BCUT2D eigenvalue weighted by Gasteiger charge is -2.14. The van der Waals surface area contributed by atoms with Gasteiger partial charge in [0, 0.05) is 18.7 Å². The molecule has 0 aliphatic carbocycles. The van der Waals surface area contributed by atoms with Gasteiger partial charge in [0.15, 0.2) is 0 Å². The first-order chi connectivity index (χ1) is 9.47. The number of hydrogen-bond acceptors (Lipinski definition) is 4. The molecule has 6 heteroatoms. The Morgan fingerprint density at radius 3 is 2.60 bits per heavy atom. The van der Waals surface area contributed by atoms with Crippen LogP contribution in [0.5, 0.6) is 5.75 Å². The van der Waals surface area contributed by atoms with Crippen LogP contribution in [0.15, 0.2) is 18.2 Å². The largest absolute Gasteiger partial charge is 0.494 e. The third kappa shape index (κ3) is 4.55. The highest BCUT2D eigenvalue weighted by Crippen LogP contribution is 2.28. The number of nitrogens with one attached hydrogen (secondary N) is 2. The number of carbonyl (C=O) groups excluding carboxylic acids is 2. The Balaban J connectivity index is 2.82. The highest BCUT2D eigenvalue weighted by atomic mass is 16.5. The molecule has 1 aromatic carbocycles. The SMILES string of the molecule is CCCC(N)C(=O)Nc1ccc(NC(C)=O)c(OC)c1. The van der Waals surface area contributed by atoms with Crippen LogP contribution < -0.4 is 21.1 Å². The summed E-state index contributed by atoms with van der Waals surface area (Å²) < 4.78 is 5.18. The molecule has 0 heterocycles. The summed E-state index contributed by atoms with van der Waals surface area (Å²) in [5.74, 6) is 0.0493. The van der Waals surface area contributed by atoms with Crippen LogP contribution in [-0.2, 0) is 9.59 Å². The standard InChI is InChI=1S/C14H21N3O3/c1-4-5-11(15)14(19)17-10-6-7-12(16-9(2)18)13(8-10)20-3/h6-8,11H,4-5,15H2,1-3H3,(H,16,18)(H,17,19). The summed E-state index contributed by atoms with van der Waals surface area (Å²) in [6, 6.07) is 4.47.